The van der Waals surface area contributed by atoms with Crippen LogP contribution >= 0.6 is 23.2 Å². The maximum Gasteiger partial charge on any atom is 0.251 e. The molecule has 0 saturated carbocycles. The minimum absolute atomic E-state index is 0.0322. The summed E-state index contributed by atoms with van der Waals surface area (Å²) in [6.07, 6.45) is 0.844. The molecule has 1 atom stereocenters. The molecule has 3 N–H and O–H groups in total. The Morgan fingerprint density at radius 2 is 1.83 bits per heavy atom. The fourth-order valence-electron chi connectivity index (χ4n) is 1.74. The first-order chi connectivity index (χ1) is 8.42. The first-order valence-electron chi connectivity index (χ1n) is 5.89. The molecule has 18 heavy (non-hydrogen) atoms. The summed E-state index contributed by atoms with van der Waals surface area (Å²) >= 11 is 11.7. The maximum atomic E-state index is 12.0. The van der Waals surface area contributed by atoms with E-state index < -0.39 is 0 Å². The van der Waals surface area contributed by atoms with E-state index in [-0.39, 0.29) is 11.9 Å². The quantitative estimate of drug-likeness (QED) is 0.875. The van der Waals surface area contributed by atoms with E-state index in [0.29, 0.717) is 28.1 Å². The second kappa shape index (κ2) is 6.98. The first-order valence-corrected chi connectivity index (χ1v) is 6.65. The minimum Gasteiger partial charge on any atom is -0.348 e. The van der Waals surface area contributed by atoms with Crippen molar-refractivity contribution >= 4 is 29.1 Å². The van der Waals surface area contributed by atoms with Crippen LogP contribution in [-0.4, -0.2) is 18.5 Å². The molecule has 100 valence electrons. The van der Waals surface area contributed by atoms with Crippen molar-refractivity contribution in [1.82, 2.24) is 5.32 Å². The lowest BCUT2D eigenvalue weighted by Gasteiger charge is -2.19. The summed E-state index contributed by atoms with van der Waals surface area (Å²) in [6.45, 7) is 4.59. The second-order valence-electron chi connectivity index (χ2n) is 4.69. The lowest BCUT2D eigenvalue weighted by atomic mass is 10.0. The number of nitrogens with two attached hydrogens (primary N) is 1. The lowest BCUT2D eigenvalue weighted by molar-refractivity contribution is 0.0934. The highest BCUT2D eigenvalue weighted by molar-refractivity contribution is 6.35. The van der Waals surface area contributed by atoms with Gasteiger partial charge in [0.15, 0.2) is 0 Å². The van der Waals surface area contributed by atoms with Gasteiger partial charge in [0.05, 0.1) is 0 Å². The van der Waals surface area contributed by atoms with Gasteiger partial charge in [-0.3, -0.25) is 4.79 Å². The van der Waals surface area contributed by atoms with Crippen molar-refractivity contribution in [2.75, 3.05) is 6.54 Å². The smallest absolute Gasteiger partial charge is 0.251 e. The number of hydrogen-bond donors (Lipinski definition) is 2. The molecule has 0 fully saturated rings. The Bertz CT molecular complexity index is 401. The van der Waals surface area contributed by atoms with Gasteiger partial charge in [-0.1, -0.05) is 37.0 Å². The van der Waals surface area contributed by atoms with Crippen molar-refractivity contribution in [3.63, 3.8) is 0 Å². The summed E-state index contributed by atoms with van der Waals surface area (Å²) in [7, 11) is 0. The van der Waals surface area contributed by atoms with Gasteiger partial charge < -0.3 is 11.1 Å². The minimum atomic E-state index is -0.199. The Balaban J connectivity index is 2.74. The third kappa shape index (κ3) is 4.84. The number of benzene rings is 1. The number of halogens is 2. The molecule has 5 heteroatoms. The van der Waals surface area contributed by atoms with E-state index in [4.69, 9.17) is 28.9 Å². The van der Waals surface area contributed by atoms with E-state index in [9.17, 15) is 4.79 Å². The summed E-state index contributed by atoms with van der Waals surface area (Å²) in [5.74, 6) is 0.275. The first kappa shape index (κ1) is 15.3. The van der Waals surface area contributed by atoms with Crippen LogP contribution in [0.25, 0.3) is 0 Å². The summed E-state index contributed by atoms with van der Waals surface area (Å²) in [5.41, 5.74) is 6.09. The third-order valence-corrected chi connectivity index (χ3v) is 2.94. The molecule has 0 aliphatic heterocycles. The van der Waals surface area contributed by atoms with Gasteiger partial charge in [0.1, 0.15) is 0 Å². The highest BCUT2D eigenvalue weighted by Gasteiger charge is 2.14. The van der Waals surface area contributed by atoms with Gasteiger partial charge in [-0.2, -0.15) is 0 Å². The summed E-state index contributed by atoms with van der Waals surface area (Å²) in [4.78, 5) is 12.0. The predicted octanol–water partition coefficient (Wildman–Crippen LogP) is 3.10. The largest absolute Gasteiger partial charge is 0.348 e. The highest BCUT2D eigenvalue weighted by atomic mass is 35.5. The Kier molecular flexibility index (Phi) is 5.93. The van der Waals surface area contributed by atoms with Crippen LogP contribution in [0.1, 0.15) is 30.6 Å². The molecule has 0 bridgehead atoms. The molecule has 0 heterocycles. The van der Waals surface area contributed by atoms with Crippen molar-refractivity contribution < 1.29 is 4.79 Å². The Morgan fingerprint density at radius 3 is 2.28 bits per heavy atom. The molecule has 3 nitrogen and oxygen atoms in total. The van der Waals surface area contributed by atoms with Crippen molar-refractivity contribution in [2.45, 2.75) is 26.3 Å². The van der Waals surface area contributed by atoms with Crippen LogP contribution in [0.3, 0.4) is 0 Å². The third-order valence-electron chi connectivity index (χ3n) is 2.50. The molecule has 0 saturated heterocycles. The van der Waals surface area contributed by atoms with Crippen molar-refractivity contribution in [3.8, 4) is 0 Å². The van der Waals surface area contributed by atoms with Crippen molar-refractivity contribution in [2.24, 2.45) is 11.7 Å². The monoisotopic (exact) mass is 288 g/mol. The summed E-state index contributed by atoms with van der Waals surface area (Å²) in [5, 5.41) is 3.78. The molecule has 0 aromatic heterocycles. The fourth-order valence-corrected chi connectivity index (χ4v) is 2.26. The standard InChI is InChI=1S/C13H18Cl2N2O/c1-8(2)3-12(7-16)17-13(18)9-4-10(14)6-11(15)5-9/h4-6,8,12H,3,7,16H2,1-2H3,(H,17,18). The average Bonchev–Trinajstić information content (AvgIpc) is 2.26. The normalized spacial score (nSPS) is 12.6. The molecular formula is C13H18Cl2N2O. The SMILES string of the molecule is CC(C)CC(CN)NC(=O)c1cc(Cl)cc(Cl)c1. The fraction of sp³-hybridized carbons (Fsp3) is 0.462. The molecule has 1 amide bonds. The molecule has 1 aromatic rings. The van der Waals surface area contributed by atoms with Gasteiger partial charge >= 0.3 is 0 Å². The van der Waals surface area contributed by atoms with E-state index in [2.05, 4.69) is 19.2 Å². The molecule has 0 aliphatic carbocycles. The second-order valence-corrected chi connectivity index (χ2v) is 5.57. The molecule has 0 radical (unpaired) electrons. The van der Waals surface area contributed by atoms with Gasteiger partial charge in [0.2, 0.25) is 0 Å². The number of amides is 1. The van der Waals surface area contributed by atoms with E-state index in [1.807, 2.05) is 0 Å². The van der Waals surface area contributed by atoms with Gasteiger partial charge in [-0.15, -0.1) is 0 Å². The van der Waals surface area contributed by atoms with Crippen LogP contribution in [0.4, 0.5) is 0 Å². The molecular weight excluding hydrogens is 271 g/mol. The van der Waals surface area contributed by atoms with E-state index in [1.165, 1.54) is 0 Å². The molecule has 1 unspecified atom stereocenters. The van der Waals surface area contributed by atoms with Crippen LogP contribution in [-0.2, 0) is 0 Å². The molecule has 1 aromatic carbocycles. The molecule has 0 aliphatic rings. The average molecular weight is 289 g/mol. The lowest BCUT2D eigenvalue weighted by Crippen LogP contribution is -2.41. The maximum absolute atomic E-state index is 12.0. The number of rotatable bonds is 5. The van der Waals surface area contributed by atoms with Gasteiger partial charge in [0.25, 0.3) is 5.91 Å². The zero-order valence-electron chi connectivity index (χ0n) is 10.5. The van der Waals surface area contributed by atoms with Gasteiger partial charge in [-0.25, -0.2) is 0 Å². The Labute approximate surface area is 118 Å². The summed E-state index contributed by atoms with van der Waals surface area (Å²) in [6, 6.07) is 4.74. The topological polar surface area (TPSA) is 55.1 Å². The number of nitrogens with one attached hydrogen (secondary N) is 1. The number of carbonyl (C=O) groups is 1. The zero-order valence-corrected chi connectivity index (χ0v) is 12.1. The predicted molar refractivity (Wildman–Crippen MR) is 76.2 cm³/mol. The van der Waals surface area contributed by atoms with Crippen LogP contribution in [0.2, 0.25) is 10.0 Å². The van der Waals surface area contributed by atoms with Crippen molar-refractivity contribution in [1.29, 1.82) is 0 Å². The van der Waals surface area contributed by atoms with E-state index >= 15 is 0 Å². The van der Waals surface area contributed by atoms with E-state index in [1.54, 1.807) is 18.2 Å². The summed E-state index contributed by atoms with van der Waals surface area (Å²) < 4.78 is 0. The van der Waals surface area contributed by atoms with Crippen LogP contribution < -0.4 is 11.1 Å². The zero-order chi connectivity index (χ0) is 13.7. The Hall–Kier alpha value is -0.770. The number of carbonyl (C=O) groups excluding carboxylic acids is 1. The van der Waals surface area contributed by atoms with Crippen LogP contribution in [0.5, 0.6) is 0 Å². The van der Waals surface area contributed by atoms with Crippen LogP contribution in [0, 0.1) is 5.92 Å². The van der Waals surface area contributed by atoms with Crippen molar-refractivity contribution in [3.05, 3.63) is 33.8 Å². The Morgan fingerprint density at radius 1 is 1.28 bits per heavy atom. The van der Waals surface area contributed by atoms with Gasteiger partial charge in [0, 0.05) is 28.2 Å². The van der Waals surface area contributed by atoms with E-state index in [0.717, 1.165) is 6.42 Å². The molecule has 0 spiro atoms. The highest BCUT2D eigenvalue weighted by Crippen LogP contribution is 2.19. The van der Waals surface area contributed by atoms with Gasteiger partial charge in [-0.05, 0) is 30.5 Å². The molecule has 1 rings (SSSR count). The number of hydrogen-bond acceptors (Lipinski definition) is 2. The van der Waals surface area contributed by atoms with Crippen LogP contribution in [0.15, 0.2) is 18.2 Å².